The molecule has 2 N–H and O–H groups in total. The summed E-state index contributed by atoms with van der Waals surface area (Å²) in [5.41, 5.74) is 6.36. The number of rotatable bonds is 7. The first kappa shape index (κ1) is 18.6. The number of hydrogen-bond acceptors (Lipinski definition) is 2. The van der Waals surface area contributed by atoms with Gasteiger partial charge in [0.05, 0.1) is 5.57 Å². The van der Waals surface area contributed by atoms with Gasteiger partial charge in [0.25, 0.3) is 0 Å². The lowest BCUT2D eigenvalue weighted by Crippen LogP contribution is -2.20. The van der Waals surface area contributed by atoms with Crippen molar-refractivity contribution in [3.05, 3.63) is 35.3 Å². The van der Waals surface area contributed by atoms with Crippen LogP contribution in [0, 0.1) is 0 Å². The van der Waals surface area contributed by atoms with E-state index in [1.54, 1.807) is 24.9 Å². The Labute approximate surface area is 119 Å². The predicted molar refractivity (Wildman–Crippen MR) is 77.7 cm³/mol. The fourth-order valence-electron chi connectivity index (χ4n) is 1.66. The zero-order valence-corrected chi connectivity index (χ0v) is 12.7. The lowest BCUT2D eigenvalue weighted by Gasteiger charge is -2.22. The zero-order valence-electron chi connectivity index (χ0n) is 12.7. The van der Waals surface area contributed by atoms with Crippen molar-refractivity contribution in [1.82, 2.24) is 4.90 Å². The van der Waals surface area contributed by atoms with E-state index < -0.39 is 11.7 Å². The summed E-state index contributed by atoms with van der Waals surface area (Å²) in [5.74, 6) is 0. The molecular formula is C15H25F3N2. The molecule has 0 atom stereocenters. The highest BCUT2D eigenvalue weighted by Gasteiger charge is 2.31. The van der Waals surface area contributed by atoms with E-state index in [1.807, 2.05) is 13.8 Å². The van der Waals surface area contributed by atoms with E-state index in [9.17, 15) is 13.2 Å². The summed E-state index contributed by atoms with van der Waals surface area (Å²) in [4.78, 5) is 1.77. The molecular weight excluding hydrogens is 265 g/mol. The van der Waals surface area contributed by atoms with E-state index in [4.69, 9.17) is 5.73 Å². The third-order valence-electron chi connectivity index (χ3n) is 2.76. The average Bonchev–Trinajstić information content (AvgIpc) is 2.36. The first-order chi connectivity index (χ1) is 9.26. The van der Waals surface area contributed by atoms with Crippen LogP contribution in [-0.4, -0.2) is 17.6 Å². The smallest absolute Gasteiger partial charge is 0.401 e. The Hall–Kier alpha value is -1.39. The SMILES string of the molecule is CC/C=C(\C=C(/C)N(/C=C(\N)CC)CCC)C(F)(F)F. The summed E-state index contributed by atoms with van der Waals surface area (Å²) in [6.45, 7) is 7.88. The molecule has 0 rings (SSSR count). The number of alkyl halides is 3. The normalized spacial score (nSPS) is 14.7. The van der Waals surface area contributed by atoms with Gasteiger partial charge in [-0.15, -0.1) is 0 Å². The minimum absolute atomic E-state index is 0.347. The second-order valence-electron chi connectivity index (χ2n) is 4.60. The van der Waals surface area contributed by atoms with Gasteiger partial charge in [-0.1, -0.05) is 26.8 Å². The van der Waals surface area contributed by atoms with Crippen LogP contribution in [0.1, 0.15) is 47.0 Å². The van der Waals surface area contributed by atoms with Crippen LogP contribution in [-0.2, 0) is 0 Å². The molecule has 0 saturated heterocycles. The van der Waals surface area contributed by atoms with E-state index in [0.29, 0.717) is 30.8 Å². The van der Waals surface area contributed by atoms with Gasteiger partial charge in [0.15, 0.2) is 0 Å². The monoisotopic (exact) mass is 290 g/mol. The molecule has 0 aliphatic rings. The fraction of sp³-hybridized carbons (Fsp3) is 0.600. The van der Waals surface area contributed by atoms with Crippen LogP contribution in [0.4, 0.5) is 13.2 Å². The van der Waals surface area contributed by atoms with Gasteiger partial charge in [0.1, 0.15) is 0 Å². The molecule has 0 aromatic carbocycles. The summed E-state index contributed by atoms with van der Waals surface area (Å²) in [5, 5.41) is 0. The largest absolute Gasteiger partial charge is 0.416 e. The van der Waals surface area contributed by atoms with Crippen LogP contribution >= 0.6 is 0 Å². The molecule has 0 spiro atoms. The van der Waals surface area contributed by atoms with Crippen molar-refractivity contribution in [2.24, 2.45) is 5.73 Å². The number of nitrogens with zero attached hydrogens (tertiary/aromatic N) is 1. The second kappa shape index (κ2) is 8.72. The highest BCUT2D eigenvalue weighted by Crippen LogP contribution is 2.28. The van der Waals surface area contributed by atoms with Gasteiger partial charge < -0.3 is 10.6 Å². The molecule has 0 aromatic rings. The minimum Gasteiger partial charge on any atom is -0.401 e. The van der Waals surface area contributed by atoms with Crippen LogP contribution in [0.15, 0.2) is 35.3 Å². The molecule has 0 heterocycles. The topological polar surface area (TPSA) is 29.3 Å². The van der Waals surface area contributed by atoms with Crippen molar-refractivity contribution >= 4 is 0 Å². The Morgan fingerprint density at radius 1 is 1.20 bits per heavy atom. The molecule has 0 fully saturated rings. The predicted octanol–water partition coefficient (Wildman–Crippen LogP) is 4.71. The van der Waals surface area contributed by atoms with Crippen LogP contribution in [0.2, 0.25) is 0 Å². The summed E-state index contributed by atoms with van der Waals surface area (Å²) in [7, 11) is 0. The summed E-state index contributed by atoms with van der Waals surface area (Å²) in [6, 6.07) is 0. The van der Waals surface area contributed by atoms with E-state index in [1.165, 1.54) is 12.2 Å². The first-order valence-corrected chi connectivity index (χ1v) is 6.94. The molecule has 2 nitrogen and oxygen atoms in total. The lowest BCUT2D eigenvalue weighted by atomic mass is 10.1. The highest BCUT2D eigenvalue weighted by molar-refractivity contribution is 5.27. The highest BCUT2D eigenvalue weighted by atomic mass is 19.4. The molecule has 20 heavy (non-hydrogen) atoms. The van der Waals surface area contributed by atoms with Crippen LogP contribution < -0.4 is 5.73 Å². The molecule has 0 saturated carbocycles. The van der Waals surface area contributed by atoms with Crippen molar-refractivity contribution in [1.29, 1.82) is 0 Å². The molecule has 0 unspecified atom stereocenters. The van der Waals surface area contributed by atoms with Gasteiger partial charge >= 0.3 is 6.18 Å². The Balaban J connectivity index is 5.36. The second-order valence-corrected chi connectivity index (χ2v) is 4.60. The molecule has 0 amide bonds. The molecule has 116 valence electrons. The third kappa shape index (κ3) is 6.68. The standard InChI is InChI=1S/C15H25F3N2/c1-5-8-13(15(16,17)18)10-12(4)20(9-6-2)11-14(19)7-3/h8,10-11H,5-7,9,19H2,1-4H3/b12-10+,13-8+,14-11-. The van der Waals surface area contributed by atoms with E-state index in [0.717, 1.165) is 6.42 Å². The Morgan fingerprint density at radius 3 is 2.20 bits per heavy atom. The third-order valence-corrected chi connectivity index (χ3v) is 2.76. The summed E-state index contributed by atoms with van der Waals surface area (Å²) >= 11 is 0. The van der Waals surface area contributed by atoms with Gasteiger partial charge in [-0.2, -0.15) is 13.2 Å². The van der Waals surface area contributed by atoms with Crippen LogP contribution in [0.3, 0.4) is 0 Å². The Kier molecular flexibility index (Phi) is 8.11. The fourth-order valence-corrected chi connectivity index (χ4v) is 1.66. The van der Waals surface area contributed by atoms with Crippen LogP contribution in [0.25, 0.3) is 0 Å². The molecule has 0 aromatic heterocycles. The van der Waals surface area contributed by atoms with Gasteiger partial charge in [0, 0.05) is 24.1 Å². The van der Waals surface area contributed by atoms with Crippen molar-refractivity contribution in [2.75, 3.05) is 6.54 Å². The van der Waals surface area contributed by atoms with Gasteiger partial charge in [-0.05, 0) is 32.3 Å². The molecule has 0 aliphatic heterocycles. The summed E-state index contributed by atoms with van der Waals surface area (Å²) in [6.07, 6.45) is 1.62. The van der Waals surface area contributed by atoms with Crippen molar-refractivity contribution in [3.63, 3.8) is 0 Å². The number of hydrogen-bond donors (Lipinski definition) is 1. The molecule has 0 bridgehead atoms. The molecule has 0 aliphatic carbocycles. The minimum atomic E-state index is -4.32. The van der Waals surface area contributed by atoms with E-state index in [2.05, 4.69) is 0 Å². The van der Waals surface area contributed by atoms with Gasteiger partial charge in [-0.25, -0.2) is 0 Å². The lowest BCUT2D eigenvalue weighted by molar-refractivity contribution is -0.0885. The molecule has 5 heteroatoms. The van der Waals surface area contributed by atoms with Crippen molar-refractivity contribution < 1.29 is 13.2 Å². The maximum absolute atomic E-state index is 12.9. The number of allylic oxidation sites excluding steroid dienone is 5. The van der Waals surface area contributed by atoms with E-state index in [-0.39, 0.29) is 0 Å². The van der Waals surface area contributed by atoms with E-state index >= 15 is 0 Å². The summed E-state index contributed by atoms with van der Waals surface area (Å²) < 4.78 is 38.6. The van der Waals surface area contributed by atoms with Gasteiger partial charge in [0.2, 0.25) is 0 Å². The Bertz CT molecular complexity index is 379. The average molecular weight is 290 g/mol. The number of nitrogens with two attached hydrogens (primary N) is 1. The maximum Gasteiger partial charge on any atom is 0.416 e. The van der Waals surface area contributed by atoms with Gasteiger partial charge in [-0.3, -0.25) is 0 Å². The van der Waals surface area contributed by atoms with Crippen molar-refractivity contribution in [3.8, 4) is 0 Å². The number of halogens is 3. The quantitative estimate of drug-likeness (QED) is 0.688. The van der Waals surface area contributed by atoms with Crippen molar-refractivity contribution in [2.45, 2.75) is 53.1 Å². The maximum atomic E-state index is 12.9. The first-order valence-electron chi connectivity index (χ1n) is 6.94. The molecule has 0 radical (unpaired) electrons. The zero-order chi connectivity index (χ0) is 15.8. The van der Waals surface area contributed by atoms with Crippen LogP contribution in [0.5, 0.6) is 0 Å². The Morgan fingerprint density at radius 2 is 1.80 bits per heavy atom.